The Balaban J connectivity index is 3.03. The molecule has 1 fully saturated rings. The summed E-state index contributed by atoms with van der Waals surface area (Å²) in [4.78, 5) is 26.2. The molecule has 2 amide bonds. The van der Waals surface area contributed by atoms with Crippen molar-refractivity contribution in [2.75, 3.05) is 0 Å². The van der Waals surface area contributed by atoms with Gasteiger partial charge in [0.2, 0.25) is 11.8 Å². The van der Waals surface area contributed by atoms with Crippen molar-refractivity contribution in [2.24, 2.45) is 5.92 Å². The van der Waals surface area contributed by atoms with E-state index in [1.807, 2.05) is 34.6 Å². The average Bonchev–Trinajstić information content (AvgIpc) is 2.29. The largest absolute Gasteiger partial charge is 0.343 e. The normalized spacial score (nSPS) is 27.3. The predicted molar refractivity (Wildman–Crippen MR) is 67.4 cm³/mol. The van der Waals surface area contributed by atoms with E-state index in [2.05, 4.69) is 5.32 Å². The van der Waals surface area contributed by atoms with Gasteiger partial charge in [-0.2, -0.15) is 0 Å². The van der Waals surface area contributed by atoms with Gasteiger partial charge in [0.1, 0.15) is 12.1 Å². The van der Waals surface area contributed by atoms with Gasteiger partial charge in [-0.3, -0.25) is 9.59 Å². The zero-order chi connectivity index (χ0) is 13.2. The number of carbonyl (C=O) groups is 2. The number of piperazine rings is 1. The molecule has 0 radical (unpaired) electrons. The molecule has 1 heterocycles. The lowest BCUT2D eigenvalue weighted by atomic mass is 9.94. The smallest absolute Gasteiger partial charge is 0.246 e. The summed E-state index contributed by atoms with van der Waals surface area (Å²) in [7, 11) is 0. The molecule has 0 aliphatic carbocycles. The molecule has 1 saturated heterocycles. The molecule has 4 heteroatoms. The lowest BCUT2D eigenvalue weighted by molar-refractivity contribution is -0.154. The second kappa shape index (κ2) is 5.52. The maximum Gasteiger partial charge on any atom is 0.246 e. The van der Waals surface area contributed by atoms with Crippen LogP contribution in [0.4, 0.5) is 0 Å². The van der Waals surface area contributed by atoms with Crippen LogP contribution in [0.2, 0.25) is 0 Å². The summed E-state index contributed by atoms with van der Waals surface area (Å²) < 4.78 is 0. The SMILES string of the molecule is CCC1NC(=O)C(C(C)C)N(C(C)CC)C1=O. The van der Waals surface area contributed by atoms with Gasteiger partial charge in [0.25, 0.3) is 0 Å². The minimum absolute atomic E-state index is 0.00764. The second-order valence-electron chi connectivity index (χ2n) is 5.16. The van der Waals surface area contributed by atoms with E-state index < -0.39 is 0 Å². The van der Waals surface area contributed by atoms with Gasteiger partial charge in [-0.1, -0.05) is 27.7 Å². The quantitative estimate of drug-likeness (QED) is 0.810. The molecule has 1 N–H and O–H groups in total. The summed E-state index contributed by atoms with van der Waals surface area (Å²) in [6.45, 7) is 9.95. The van der Waals surface area contributed by atoms with E-state index in [1.54, 1.807) is 4.90 Å². The number of carbonyl (C=O) groups excluding carboxylic acids is 2. The fraction of sp³-hybridized carbons (Fsp3) is 0.846. The summed E-state index contributed by atoms with van der Waals surface area (Å²) in [5.74, 6) is 0.206. The Morgan fingerprint density at radius 1 is 1.24 bits per heavy atom. The van der Waals surface area contributed by atoms with Crippen molar-refractivity contribution < 1.29 is 9.59 Å². The summed E-state index contributed by atoms with van der Waals surface area (Å²) in [6.07, 6.45) is 1.53. The monoisotopic (exact) mass is 240 g/mol. The van der Waals surface area contributed by atoms with Crippen LogP contribution in [0.25, 0.3) is 0 Å². The Kier molecular flexibility index (Phi) is 4.54. The van der Waals surface area contributed by atoms with Crippen molar-refractivity contribution in [1.29, 1.82) is 0 Å². The zero-order valence-corrected chi connectivity index (χ0v) is 11.5. The first-order chi connectivity index (χ1) is 7.93. The van der Waals surface area contributed by atoms with Crippen molar-refractivity contribution in [1.82, 2.24) is 10.2 Å². The summed E-state index contributed by atoms with van der Waals surface area (Å²) in [6, 6.07) is -0.540. The predicted octanol–water partition coefficient (Wildman–Crippen LogP) is 1.55. The van der Waals surface area contributed by atoms with Crippen LogP contribution in [0.1, 0.15) is 47.5 Å². The third kappa shape index (κ3) is 2.61. The number of nitrogens with one attached hydrogen (secondary N) is 1. The maximum absolute atomic E-state index is 12.3. The van der Waals surface area contributed by atoms with E-state index in [0.29, 0.717) is 6.42 Å². The molecule has 1 aliphatic rings. The lowest BCUT2D eigenvalue weighted by Gasteiger charge is -2.43. The topological polar surface area (TPSA) is 49.4 Å². The van der Waals surface area contributed by atoms with Crippen LogP contribution in [0, 0.1) is 5.92 Å². The van der Waals surface area contributed by atoms with E-state index in [9.17, 15) is 9.59 Å². The molecule has 1 rings (SSSR count). The molecule has 0 aromatic rings. The average molecular weight is 240 g/mol. The van der Waals surface area contributed by atoms with E-state index in [0.717, 1.165) is 6.42 Å². The van der Waals surface area contributed by atoms with E-state index in [1.165, 1.54) is 0 Å². The second-order valence-corrected chi connectivity index (χ2v) is 5.16. The highest BCUT2D eigenvalue weighted by molar-refractivity contribution is 5.97. The highest BCUT2D eigenvalue weighted by atomic mass is 16.2. The Labute approximate surface area is 104 Å². The Morgan fingerprint density at radius 2 is 1.82 bits per heavy atom. The van der Waals surface area contributed by atoms with E-state index in [4.69, 9.17) is 0 Å². The first-order valence-electron chi connectivity index (χ1n) is 6.56. The minimum Gasteiger partial charge on any atom is -0.343 e. The molecular weight excluding hydrogens is 216 g/mol. The van der Waals surface area contributed by atoms with Crippen LogP contribution in [-0.2, 0) is 9.59 Å². The van der Waals surface area contributed by atoms with E-state index >= 15 is 0 Å². The summed E-state index contributed by atoms with van der Waals surface area (Å²) >= 11 is 0. The van der Waals surface area contributed by atoms with Crippen molar-refractivity contribution in [3.8, 4) is 0 Å². The van der Waals surface area contributed by atoms with Gasteiger partial charge in [0, 0.05) is 6.04 Å². The highest BCUT2D eigenvalue weighted by Gasteiger charge is 2.42. The third-order valence-electron chi connectivity index (χ3n) is 3.54. The molecule has 0 bridgehead atoms. The molecule has 0 spiro atoms. The van der Waals surface area contributed by atoms with Crippen LogP contribution >= 0.6 is 0 Å². The van der Waals surface area contributed by atoms with Gasteiger partial charge in [0.15, 0.2) is 0 Å². The van der Waals surface area contributed by atoms with Gasteiger partial charge < -0.3 is 10.2 Å². The van der Waals surface area contributed by atoms with Crippen LogP contribution in [0.15, 0.2) is 0 Å². The number of nitrogens with zero attached hydrogens (tertiary/aromatic N) is 1. The first-order valence-corrected chi connectivity index (χ1v) is 6.56. The fourth-order valence-corrected chi connectivity index (χ4v) is 2.35. The van der Waals surface area contributed by atoms with Crippen LogP contribution in [-0.4, -0.2) is 34.8 Å². The number of rotatable bonds is 4. The number of hydrogen-bond donors (Lipinski definition) is 1. The van der Waals surface area contributed by atoms with Gasteiger partial charge in [0.05, 0.1) is 0 Å². The first kappa shape index (κ1) is 14.0. The molecule has 17 heavy (non-hydrogen) atoms. The summed E-state index contributed by atoms with van der Waals surface area (Å²) in [5.41, 5.74) is 0. The van der Waals surface area contributed by atoms with Gasteiger partial charge >= 0.3 is 0 Å². The molecule has 0 aromatic heterocycles. The van der Waals surface area contributed by atoms with Gasteiger partial charge in [-0.05, 0) is 25.7 Å². The lowest BCUT2D eigenvalue weighted by Crippen LogP contribution is -2.66. The molecule has 3 unspecified atom stereocenters. The van der Waals surface area contributed by atoms with Crippen LogP contribution in [0.5, 0.6) is 0 Å². The minimum atomic E-state index is -0.341. The van der Waals surface area contributed by atoms with Crippen molar-refractivity contribution >= 4 is 11.8 Å². The van der Waals surface area contributed by atoms with Crippen molar-refractivity contribution in [2.45, 2.75) is 65.6 Å². The van der Waals surface area contributed by atoms with E-state index in [-0.39, 0.29) is 35.9 Å². The fourth-order valence-electron chi connectivity index (χ4n) is 2.35. The molecule has 1 aliphatic heterocycles. The third-order valence-corrected chi connectivity index (χ3v) is 3.54. The Hall–Kier alpha value is -1.06. The van der Waals surface area contributed by atoms with Crippen LogP contribution < -0.4 is 5.32 Å². The van der Waals surface area contributed by atoms with Crippen molar-refractivity contribution in [3.63, 3.8) is 0 Å². The number of amides is 2. The Morgan fingerprint density at radius 3 is 2.24 bits per heavy atom. The molecular formula is C13H24N2O2. The number of hydrogen-bond acceptors (Lipinski definition) is 2. The molecule has 4 nitrogen and oxygen atoms in total. The molecule has 0 aromatic carbocycles. The Bertz CT molecular complexity index is 302. The van der Waals surface area contributed by atoms with Gasteiger partial charge in [-0.25, -0.2) is 0 Å². The molecule has 3 atom stereocenters. The summed E-state index contributed by atoms with van der Waals surface area (Å²) in [5, 5.41) is 2.83. The maximum atomic E-state index is 12.3. The molecule has 98 valence electrons. The van der Waals surface area contributed by atoms with Gasteiger partial charge in [-0.15, -0.1) is 0 Å². The van der Waals surface area contributed by atoms with Crippen molar-refractivity contribution in [3.05, 3.63) is 0 Å². The zero-order valence-electron chi connectivity index (χ0n) is 11.5. The highest BCUT2D eigenvalue weighted by Crippen LogP contribution is 2.22. The standard InChI is InChI=1S/C13H24N2O2/c1-6-9(5)15-11(8(3)4)12(16)14-10(7-2)13(15)17/h8-11H,6-7H2,1-5H3,(H,14,16). The molecule has 0 saturated carbocycles. The van der Waals surface area contributed by atoms with Crippen LogP contribution in [0.3, 0.4) is 0 Å².